The first-order valence-electron chi connectivity index (χ1n) is 16.1. The van der Waals surface area contributed by atoms with Gasteiger partial charge in [-0.2, -0.15) is 0 Å². The van der Waals surface area contributed by atoms with E-state index in [9.17, 15) is 0 Å². The maximum atomic E-state index is 2.84. The molecule has 2 aromatic carbocycles. The van der Waals surface area contributed by atoms with Crippen LogP contribution in [0.2, 0.25) is 5.82 Å². The number of hydrogen-bond acceptors (Lipinski definition) is 0. The highest BCUT2D eigenvalue weighted by molar-refractivity contribution is 7.88. The highest BCUT2D eigenvalue weighted by Crippen LogP contribution is 2.70. The zero-order valence-corrected chi connectivity index (χ0v) is 31.2. The van der Waals surface area contributed by atoms with Crippen molar-refractivity contribution in [1.29, 1.82) is 0 Å². The second-order valence-electron chi connectivity index (χ2n) is 19.2. The van der Waals surface area contributed by atoms with Crippen LogP contribution >= 0.6 is 7.80 Å². The molecule has 0 aliphatic heterocycles. The van der Waals surface area contributed by atoms with Crippen molar-refractivity contribution in [2.45, 2.75) is 174 Å². The fourth-order valence-corrected chi connectivity index (χ4v) is 10.1. The standard InChI is InChI=1S/C39H63BP/c1-33(2,3)26-19-27(34(4,5)6)22-30(21-26)39(25-32(39)40-41(37(13,14)15)38(16,17)18)31-23-28(35(7,8)9)20-29(24-31)36(10,11)12/h19-24,32H,25H2,1-18H3. The van der Waals surface area contributed by atoms with E-state index in [1.165, 1.54) is 39.8 Å². The van der Waals surface area contributed by atoms with Gasteiger partial charge in [0.15, 0.2) is 7.00 Å². The fourth-order valence-electron chi connectivity index (χ4n) is 6.43. The Kier molecular flexibility index (Phi) is 8.84. The molecule has 1 atom stereocenters. The van der Waals surface area contributed by atoms with Crippen LogP contribution in [0.15, 0.2) is 36.4 Å². The average molecular weight is 574 g/mol. The van der Waals surface area contributed by atoms with E-state index in [2.05, 4.69) is 168 Å². The van der Waals surface area contributed by atoms with Crippen LogP contribution in [-0.4, -0.2) is 17.3 Å². The van der Waals surface area contributed by atoms with Crippen LogP contribution in [0.1, 0.15) is 164 Å². The number of rotatable bonds is 4. The molecule has 0 amide bonds. The molecule has 0 saturated heterocycles. The van der Waals surface area contributed by atoms with Crippen molar-refractivity contribution in [3.8, 4) is 0 Å². The average Bonchev–Trinajstić information content (AvgIpc) is 3.48. The Bertz CT molecular complexity index is 1090. The third kappa shape index (κ3) is 7.54. The van der Waals surface area contributed by atoms with Gasteiger partial charge in [-0.25, -0.2) is 0 Å². The smallest absolute Gasteiger partial charge is 0.137 e. The summed E-state index contributed by atoms with van der Waals surface area (Å²) in [7, 11) is -0.305. The predicted molar refractivity (Wildman–Crippen MR) is 189 cm³/mol. The van der Waals surface area contributed by atoms with Crippen LogP contribution < -0.4 is 0 Å². The minimum absolute atomic E-state index is 0.0135. The molecule has 1 aliphatic rings. The maximum Gasteiger partial charge on any atom is 0.152 e. The van der Waals surface area contributed by atoms with Gasteiger partial charge >= 0.3 is 0 Å². The first-order chi connectivity index (χ1) is 18.1. The van der Waals surface area contributed by atoms with Gasteiger partial charge in [-0.05, 0) is 77.6 Å². The molecule has 0 bridgehead atoms. The largest absolute Gasteiger partial charge is 0.152 e. The summed E-state index contributed by atoms with van der Waals surface area (Å²) in [5.74, 6) is 0.540. The van der Waals surface area contributed by atoms with E-state index in [0.29, 0.717) is 5.82 Å². The van der Waals surface area contributed by atoms with Crippen LogP contribution in [0.25, 0.3) is 0 Å². The Hall–Kier alpha value is -1.07. The predicted octanol–water partition coefficient (Wildman–Crippen LogP) is 12.1. The lowest BCUT2D eigenvalue weighted by Gasteiger charge is -2.42. The monoisotopic (exact) mass is 573 g/mol. The first kappa shape index (κ1) is 34.4. The SMILES string of the molecule is CC(C)(C)c1cc(C(C)(C)C)cc(C2(c3cc(C(C)(C)C)cc(C(C)(C)C)c3)CC2[B]P(C(C)(C)C)C(C)(C)C)c1. The zero-order chi connectivity index (χ0) is 31.8. The van der Waals surface area contributed by atoms with E-state index in [0.717, 1.165) is 0 Å². The quantitative estimate of drug-likeness (QED) is 0.252. The van der Waals surface area contributed by atoms with E-state index in [1.54, 1.807) is 0 Å². The molecule has 1 unspecified atom stereocenters. The van der Waals surface area contributed by atoms with Gasteiger partial charge in [0.25, 0.3) is 0 Å². The topological polar surface area (TPSA) is 0 Å². The molecular weight excluding hydrogens is 510 g/mol. The molecule has 0 aromatic heterocycles. The summed E-state index contributed by atoms with van der Waals surface area (Å²) in [6, 6.07) is 15.3. The Balaban J connectivity index is 2.39. The lowest BCUT2D eigenvalue weighted by Crippen LogP contribution is -2.29. The molecule has 1 saturated carbocycles. The molecule has 0 spiro atoms. The fraction of sp³-hybridized carbons (Fsp3) is 0.692. The summed E-state index contributed by atoms with van der Waals surface area (Å²) in [5, 5.41) is 0.547. The summed E-state index contributed by atoms with van der Waals surface area (Å²) in [6.45, 7) is 46.1. The van der Waals surface area contributed by atoms with Crippen LogP contribution in [-0.2, 0) is 27.1 Å². The molecule has 3 rings (SSSR count). The van der Waals surface area contributed by atoms with Crippen LogP contribution in [0, 0.1) is 0 Å². The van der Waals surface area contributed by atoms with E-state index in [-0.39, 0.29) is 45.2 Å². The molecule has 2 aromatic rings. The Morgan fingerprint density at radius 2 is 0.756 bits per heavy atom. The summed E-state index contributed by atoms with van der Waals surface area (Å²) < 4.78 is 0. The Morgan fingerprint density at radius 3 is 0.976 bits per heavy atom. The molecule has 2 heteroatoms. The summed E-state index contributed by atoms with van der Waals surface area (Å²) in [6.07, 6.45) is 1.20. The lowest BCUT2D eigenvalue weighted by atomic mass is 9.71. The molecule has 0 N–H and O–H groups in total. The molecule has 1 fully saturated rings. The second-order valence-corrected chi connectivity index (χ2v) is 23.0. The highest BCUT2D eigenvalue weighted by Gasteiger charge is 2.58. The summed E-state index contributed by atoms with van der Waals surface area (Å²) in [4.78, 5) is 0. The molecule has 41 heavy (non-hydrogen) atoms. The maximum absolute atomic E-state index is 2.84. The van der Waals surface area contributed by atoms with Gasteiger partial charge in [0.1, 0.15) is 0 Å². The van der Waals surface area contributed by atoms with Gasteiger partial charge in [-0.3, -0.25) is 0 Å². The number of benzene rings is 2. The van der Waals surface area contributed by atoms with Crippen LogP contribution in [0.3, 0.4) is 0 Å². The zero-order valence-electron chi connectivity index (χ0n) is 30.3. The van der Waals surface area contributed by atoms with Crippen molar-refractivity contribution in [2.75, 3.05) is 0 Å². The van der Waals surface area contributed by atoms with Crippen molar-refractivity contribution in [3.05, 3.63) is 69.8 Å². The second kappa shape index (κ2) is 10.5. The van der Waals surface area contributed by atoms with Gasteiger partial charge in [0, 0.05) is 5.41 Å². The third-order valence-electron chi connectivity index (χ3n) is 9.15. The van der Waals surface area contributed by atoms with Gasteiger partial charge in [-0.1, -0.05) is 161 Å². The summed E-state index contributed by atoms with van der Waals surface area (Å²) in [5.41, 5.74) is 9.29. The molecule has 1 aliphatic carbocycles. The molecule has 227 valence electrons. The van der Waals surface area contributed by atoms with Crippen molar-refractivity contribution >= 4 is 14.8 Å². The Labute approximate surface area is 258 Å². The van der Waals surface area contributed by atoms with Crippen molar-refractivity contribution in [1.82, 2.24) is 0 Å². The number of hydrogen-bond donors (Lipinski definition) is 0. The molecular formula is C39H63BP. The van der Waals surface area contributed by atoms with Crippen molar-refractivity contribution < 1.29 is 0 Å². The first-order valence-corrected chi connectivity index (χ1v) is 17.5. The Morgan fingerprint density at radius 1 is 0.488 bits per heavy atom. The summed E-state index contributed by atoms with van der Waals surface area (Å²) >= 11 is 0. The van der Waals surface area contributed by atoms with Gasteiger partial charge in [0.2, 0.25) is 0 Å². The van der Waals surface area contributed by atoms with Gasteiger partial charge in [0.05, 0.1) is 0 Å². The minimum Gasteiger partial charge on any atom is -0.137 e. The van der Waals surface area contributed by atoms with Gasteiger partial charge in [-0.15, -0.1) is 7.80 Å². The third-order valence-corrected chi connectivity index (χ3v) is 12.7. The van der Waals surface area contributed by atoms with E-state index >= 15 is 0 Å². The van der Waals surface area contributed by atoms with E-state index in [4.69, 9.17) is 0 Å². The van der Waals surface area contributed by atoms with Gasteiger partial charge < -0.3 is 0 Å². The van der Waals surface area contributed by atoms with Crippen LogP contribution in [0.4, 0.5) is 0 Å². The lowest BCUT2D eigenvalue weighted by molar-refractivity contribution is 0.562. The molecule has 0 nitrogen and oxygen atoms in total. The molecule has 1 radical (unpaired) electrons. The van der Waals surface area contributed by atoms with Crippen molar-refractivity contribution in [3.63, 3.8) is 0 Å². The molecule has 0 heterocycles. The van der Waals surface area contributed by atoms with E-state index < -0.39 is 0 Å². The normalized spacial score (nSPS) is 18.6. The van der Waals surface area contributed by atoms with Crippen LogP contribution in [0.5, 0.6) is 0 Å². The minimum atomic E-state index is -0.305. The highest BCUT2D eigenvalue weighted by atomic mass is 31.1. The van der Waals surface area contributed by atoms with E-state index in [1.807, 2.05) is 0 Å². The van der Waals surface area contributed by atoms with Crippen molar-refractivity contribution in [2.24, 2.45) is 0 Å².